The smallest absolute Gasteiger partial charge is 0.251 e. The van der Waals surface area contributed by atoms with Crippen LogP contribution in [0.4, 0.5) is 5.69 Å². The number of para-hydroxylation sites is 1. The molecule has 0 saturated carbocycles. The minimum Gasteiger partial charge on any atom is -0.491 e. The Kier molecular flexibility index (Phi) is 4.44. The van der Waals surface area contributed by atoms with Gasteiger partial charge in [0.2, 0.25) is 0 Å². The van der Waals surface area contributed by atoms with Crippen LogP contribution in [0, 0.1) is 0 Å². The lowest BCUT2D eigenvalue weighted by Crippen LogP contribution is -2.42. The molecule has 4 rings (SSSR count). The van der Waals surface area contributed by atoms with Crippen LogP contribution in [-0.4, -0.2) is 25.1 Å². The average molecular weight is 331 g/mol. The lowest BCUT2D eigenvalue weighted by atomic mass is 10.0. The van der Waals surface area contributed by atoms with Gasteiger partial charge in [-0.1, -0.05) is 18.2 Å². The number of benzene rings is 2. The van der Waals surface area contributed by atoms with E-state index in [1.54, 1.807) is 0 Å². The van der Waals surface area contributed by atoms with E-state index in [4.69, 9.17) is 4.74 Å². The molecule has 120 valence electrons. The minimum atomic E-state index is -0.0253. The Morgan fingerprint density at radius 3 is 2.96 bits per heavy atom. The van der Waals surface area contributed by atoms with Crippen molar-refractivity contribution in [2.75, 3.05) is 18.5 Å². The van der Waals surface area contributed by atoms with E-state index >= 15 is 0 Å². The van der Waals surface area contributed by atoms with Gasteiger partial charge in [-0.3, -0.25) is 4.79 Å². The van der Waals surface area contributed by atoms with E-state index in [1.165, 1.54) is 5.56 Å². The van der Waals surface area contributed by atoms with Gasteiger partial charge in [0.15, 0.2) is 0 Å². The molecule has 2 aromatic carbocycles. The summed E-state index contributed by atoms with van der Waals surface area (Å²) < 4.78 is 5.72. The third-order valence-electron chi connectivity index (χ3n) is 4.29. The van der Waals surface area contributed by atoms with E-state index in [1.807, 2.05) is 36.4 Å². The first-order valence-electron chi connectivity index (χ1n) is 7.68. The van der Waals surface area contributed by atoms with Crippen molar-refractivity contribution in [1.82, 2.24) is 5.32 Å². The van der Waals surface area contributed by atoms with Crippen LogP contribution in [0.3, 0.4) is 0 Å². The normalized spacial score (nSPS) is 17.8. The Bertz CT molecular complexity index is 733. The lowest BCUT2D eigenvalue weighted by molar-refractivity contribution is 0.0915. The highest BCUT2D eigenvalue weighted by Crippen LogP contribution is 2.25. The van der Waals surface area contributed by atoms with Crippen LogP contribution in [-0.2, 0) is 12.8 Å². The summed E-state index contributed by atoms with van der Waals surface area (Å²) in [4.78, 5) is 12.4. The Balaban J connectivity index is 0.00000156. The number of ether oxygens (including phenoxy) is 1. The summed E-state index contributed by atoms with van der Waals surface area (Å²) in [5.41, 5.74) is 4.24. The van der Waals surface area contributed by atoms with Crippen molar-refractivity contribution in [3.8, 4) is 5.75 Å². The van der Waals surface area contributed by atoms with Gasteiger partial charge in [0, 0.05) is 17.8 Å². The standard InChI is InChI=1S/C18H18N2O2.ClH/c21-18(14-5-6-16-12(9-14)7-8-19-16)20-15-10-13-3-1-2-4-17(13)22-11-15;/h1-6,9,15,19H,7-8,10-11H2,(H,20,21);1H. The molecule has 2 aliphatic rings. The topological polar surface area (TPSA) is 50.4 Å². The van der Waals surface area contributed by atoms with Gasteiger partial charge in [0.05, 0.1) is 6.04 Å². The summed E-state index contributed by atoms with van der Waals surface area (Å²) in [5.74, 6) is 0.902. The third kappa shape index (κ3) is 3.13. The molecular formula is C18H19ClN2O2. The van der Waals surface area contributed by atoms with Crippen LogP contribution in [0.2, 0.25) is 0 Å². The fourth-order valence-electron chi connectivity index (χ4n) is 3.14. The quantitative estimate of drug-likeness (QED) is 0.890. The lowest BCUT2D eigenvalue weighted by Gasteiger charge is -2.26. The molecule has 1 unspecified atom stereocenters. The molecule has 0 saturated heterocycles. The van der Waals surface area contributed by atoms with E-state index in [-0.39, 0.29) is 24.4 Å². The molecule has 0 spiro atoms. The van der Waals surface area contributed by atoms with Crippen LogP contribution in [0.25, 0.3) is 0 Å². The zero-order valence-corrected chi connectivity index (χ0v) is 13.5. The van der Waals surface area contributed by atoms with Crippen molar-refractivity contribution in [3.05, 3.63) is 59.2 Å². The van der Waals surface area contributed by atoms with Gasteiger partial charge in [0.1, 0.15) is 12.4 Å². The molecule has 1 amide bonds. The summed E-state index contributed by atoms with van der Waals surface area (Å²) in [6, 6.07) is 13.9. The number of amides is 1. The number of halogens is 1. The van der Waals surface area contributed by atoms with Gasteiger partial charge in [0.25, 0.3) is 5.91 Å². The van der Waals surface area contributed by atoms with Crippen LogP contribution < -0.4 is 15.4 Å². The Morgan fingerprint density at radius 2 is 2.04 bits per heavy atom. The maximum Gasteiger partial charge on any atom is 0.251 e. The van der Waals surface area contributed by atoms with E-state index in [0.29, 0.717) is 6.61 Å². The molecule has 0 fully saturated rings. The monoisotopic (exact) mass is 330 g/mol. The molecule has 2 aliphatic heterocycles. The molecule has 0 radical (unpaired) electrons. The second-order valence-corrected chi connectivity index (χ2v) is 5.84. The SMILES string of the molecule is Cl.O=C(NC1COc2ccccc2C1)c1ccc2c(c1)CCN2. The van der Waals surface area contributed by atoms with Crippen LogP contribution in [0.1, 0.15) is 21.5 Å². The number of fused-ring (bicyclic) bond motifs is 2. The summed E-state index contributed by atoms with van der Waals surface area (Å²) in [6.45, 7) is 1.48. The van der Waals surface area contributed by atoms with Crippen molar-refractivity contribution in [3.63, 3.8) is 0 Å². The van der Waals surface area contributed by atoms with Gasteiger partial charge >= 0.3 is 0 Å². The largest absolute Gasteiger partial charge is 0.491 e. The molecule has 4 nitrogen and oxygen atoms in total. The van der Waals surface area contributed by atoms with Crippen LogP contribution in [0.15, 0.2) is 42.5 Å². The van der Waals surface area contributed by atoms with Gasteiger partial charge in [-0.2, -0.15) is 0 Å². The van der Waals surface area contributed by atoms with Crippen LogP contribution in [0.5, 0.6) is 5.75 Å². The van der Waals surface area contributed by atoms with Gasteiger partial charge < -0.3 is 15.4 Å². The number of hydrogen-bond donors (Lipinski definition) is 2. The van der Waals surface area contributed by atoms with E-state index in [2.05, 4.69) is 16.7 Å². The number of nitrogens with one attached hydrogen (secondary N) is 2. The van der Waals surface area contributed by atoms with Crippen molar-refractivity contribution >= 4 is 24.0 Å². The second kappa shape index (κ2) is 6.50. The zero-order valence-electron chi connectivity index (χ0n) is 12.7. The van der Waals surface area contributed by atoms with Gasteiger partial charge in [-0.15, -0.1) is 12.4 Å². The number of hydrogen-bond acceptors (Lipinski definition) is 3. The number of rotatable bonds is 2. The average Bonchev–Trinajstić information content (AvgIpc) is 3.02. The first kappa shape index (κ1) is 15.7. The Hall–Kier alpha value is -2.20. The molecule has 1 atom stereocenters. The molecule has 0 aliphatic carbocycles. The summed E-state index contributed by atoms with van der Waals surface area (Å²) in [7, 11) is 0. The van der Waals surface area contributed by atoms with Crippen molar-refractivity contribution in [2.45, 2.75) is 18.9 Å². The third-order valence-corrected chi connectivity index (χ3v) is 4.29. The molecular weight excluding hydrogens is 312 g/mol. The summed E-state index contributed by atoms with van der Waals surface area (Å²) in [5, 5.41) is 6.39. The van der Waals surface area contributed by atoms with Crippen molar-refractivity contribution < 1.29 is 9.53 Å². The molecule has 0 aromatic heterocycles. The number of carbonyl (C=O) groups is 1. The molecule has 0 bridgehead atoms. The molecule has 23 heavy (non-hydrogen) atoms. The molecule has 2 N–H and O–H groups in total. The maximum atomic E-state index is 12.4. The highest BCUT2D eigenvalue weighted by atomic mass is 35.5. The van der Waals surface area contributed by atoms with E-state index in [0.717, 1.165) is 42.0 Å². The van der Waals surface area contributed by atoms with Crippen LogP contribution >= 0.6 is 12.4 Å². The minimum absolute atomic E-state index is 0. The Morgan fingerprint density at radius 1 is 1.17 bits per heavy atom. The fraction of sp³-hybridized carbons (Fsp3) is 0.278. The molecule has 2 aromatic rings. The van der Waals surface area contributed by atoms with Gasteiger partial charge in [-0.05, 0) is 48.2 Å². The fourth-order valence-corrected chi connectivity index (χ4v) is 3.14. The zero-order chi connectivity index (χ0) is 14.9. The first-order valence-corrected chi connectivity index (χ1v) is 7.68. The predicted octanol–water partition coefficient (Wildman–Crippen LogP) is 2.81. The number of carbonyl (C=O) groups excluding carboxylic acids is 1. The molecule has 2 heterocycles. The molecule has 5 heteroatoms. The highest BCUT2D eigenvalue weighted by molar-refractivity contribution is 5.95. The van der Waals surface area contributed by atoms with E-state index < -0.39 is 0 Å². The Labute approximate surface area is 141 Å². The van der Waals surface area contributed by atoms with Crippen molar-refractivity contribution in [1.29, 1.82) is 0 Å². The summed E-state index contributed by atoms with van der Waals surface area (Å²) >= 11 is 0. The number of anilines is 1. The maximum absolute atomic E-state index is 12.4. The second-order valence-electron chi connectivity index (χ2n) is 5.84. The van der Waals surface area contributed by atoms with Crippen molar-refractivity contribution in [2.24, 2.45) is 0 Å². The highest BCUT2D eigenvalue weighted by Gasteiger charge is 2.22. The summed E-state index contributed by atoms with van der Waals surface area (Å²) in [6.07, 6.45) is 1.80. The van der Waals surface area contributed by atoms with Gasteiger partial charge in [-0.25, -0.2) is 0 Å². The first-order chi connectivity index (χ1) is 10.8. The predicted molar refractivity (Wildman–Crippen MR) is 92.8 cm³/mol. The van der Waals surface area contributed by atoms with E-state index in [9.17, 15) is 4.79 Å².